The molecule has 1 atom stereocenters. The molecule has 0 radical (unpaired) electrons. The summed E-state index contributed by atoms with van der Waals surface area (Å²) < 4.78 is 23.7. The molecule has 1 rings (SSSR count). The van der Waals surface area contributed by atoms with Crippen LogP contribution in [-0.4, -0.2) is 20.7 Å². The Labute approximate surface area is 82.5 Å². The molecule has 1 aromatic heterocycles. The van der Waals surface area contributed by atoms with Crippen molar-refractivity contribution < 1.29 is 8.42 Å². The minimum atomic E-state index is -3.09. The van der Waals surface area contributed by atoms with Crippen molar-refractivity contribution in [3.8, 4) is 0 Å². The molecule has 0 saturated carbocycles. The van der Waals surface area contributed by atoms with Crippen molar-refractivity contribution in [1.29, 1.82) is 0 Å². The Kier molecular flexibility index (Phi) is 3.47. The highest BCUT2D eigenvalue weighted by atomic mass is 32.2. The lowest BCUT2D eigenvalue weighted by Crippen LogP contribution is -2.20. The molecule has 0 fully saturated rings. The lowest BCUT2D eigenvalue weighted by molar-refractivity contribution is 0.575. The summed E-state index contributed by atoms with van der Waals surface area (Å²) in [6.45, 7) is 2.25. The van der Waals surface area contributed by atoms with Gasteiger partial charge >= 0.3 is 0 Å². The summed E-state index contributed by atoms with van der Waals surface area (Å²) >= 11 is 1.25. The molecule has 5 heteroatoms. The first-order valence-corrected chi connectivity index (χ1v) is 6.56. The normalized spacial score (nSPS) is 14.3. The van der Waals surface area contributed by atoms with E-state index in [1.165, 1.54) is 11.3 Å². The summed E-state index contributed by atoms with van der Waals surface area (Å²) in [5, 5.41) is 1.76. The molecule has 0 amide bonds. The minimum absolute atomic E-state index is 0.0205. The maximum absolute atomic E-state index is 11.6. The van der Waals surface area contributed by atoms with Crippen molar-refractivity contribution in [2.24, 2.45) is 11.7 Å². The Bertz CT molecular complexity index is 342. The Morgan fingerprint density at radius 3 is 2.77 bits per heavy atom. The van der Waals surface area contributed by atoms with Gasteiger partial charge in [0, 0.05) is 0 Å². The number of hydrogen-bond acceptors (Lipinski definition) is 4. The SMILES string of the molecule is CC(CN)CS(=O)(=O)c1cccs1. The smallest absolute Gasteiger partial charge is 0.188 e. The molecule has 13 heavy (non-hydrogen) atoms. The number of nitrogens with two attached hydrogens (primary N) is 1. The molecule has 1 unspecified atom stereocenters. The summed E-state index contributed by atoms with van der Waals surface area (Å²) in [5.74, 6) is 0.163. The highest BCUT2D eigenvalue weighted by molar-refractivity contribution is 7.93. The Balaban J connectivity index is 2.79. The predicted molar refractivity (Wildman–Crippen MR) is 54.6 cm³/mol. The molecule has 0 spiro atoms. The van der Waals surface area contributed by atoms with Crippen LogP contribution in [0, 0.1) is 5.92 Å². The van der Waals surface area contributed by atoms with Crippen molar-refractivity contribution >= 4 is 21.2 Å². The van der Waals surface area contributed by atoms with Crippen LogP contribution in [0.15, 0.2) is 21.7 Å². The molecule has 0 saturated heterocycles. The van der Waals surface area contributed by atoms with Gasteiger partial charge in [-0.3, -0.25) is 0 Å². The molecule has 0 aromatic carbocycles. The van der Waals surface area contributed by atoms with E-state index >= 15 is 0 Å². The number of rotatable bonds is 4. The molecule has 1 heterocycles. The summed E-state index contributed by atoms with van der Waals surface area (Å²) in [4.78, 5) is 0. The maximum atomic E-state index is 11.6. The molecular weight excluding hydrogens is 206 g/mol. The minimum Gasteiger partial charge on any atom is -0.330 e. The lowest BCUT2D eigenvalue weighted by Gasteiger charge is -2.07. The first-order chi connectivity index (χ1) is 6.06. The zero-order valence-corrected chi connectivity index (χ0v) is 9.07. The number of sulfone groups is 1. The van der Waals surface area contributed by atoms with E-state index in [-0.39, 0.29) is 11.7 Å². The van der Waals surface area contributed by atoms with Gasteiger partial charge in [0.2, 0.25) is 0 Å². The van der Waals surface area contributed by atoms with Gasteiger partial charge in [-0.1, -0.05) is 13.0 Å². The van der Waals surface area contributed by atoms with Gasteiger partial charge < -0.3 is 5.73 Å². The average molecular weight is 219 g/mol. The van der Waals surface area contributed by atoms with Crippen molar-refractivity contribution in [3.05, 3.63) is 17.5 Å². The van der Waals surface area contributed by atoms with Crippen molar-refractivity contribution in [1.82, 2.24) is 0 Å². The van der Waals surface area contributed by atoms with Gasteiger partial charge in [-0.25, -0.2) is 8.42 Å². The van der Waals surface area contributed by atoms with Crippen LogP contribution in [0.3, 0.4) is 0 Å². The second-order valence-corrected chi connectivity index (χ2v) is 6.26. The topological polar surface area (TPSA) is 60.2 Å². The van der Waals surface area contributed by atoms with E-state index in [9.17, 15) is 8.42 Å². The Morgan fingerprint density at radius 1 is 1.62 bits per heavy atom. The van der Waals surface area contributed by atoms with E-state index < -0.39 is 9.84 Å². The number of thiophene rings is 1. The fourth-order valence-corrected chi connectivity index (χ4v) is 3.71. The first-order valence-electron chi connectivity index (χ1n) is 4.02. The van der Waals surface area contributed by atoms with Crippen LogP contribution in [0.4, 0.5) is 0 Å². The van der Waals surface area contributed by atoms with Crippen molar-refractivity contribution in [3.63, 3.8) is 0 Å². The predicted octanol–water partition coefficient (Wildman–Crippen LogP) is 1.12. The van der Waals surface area contributed by atoms with E-state index in [2.05, 4.69) is 0 Å². The van der Waals surface area contributed by atoms with Gasteiger partial charge in [-0.05, 0) is 23.9 Å². The molecule has 0 bridgehead atoms. The lowest BCUT2D eigenvalue weighted by atomic mass is 10.2. The largest absolute Gasteiger partial charge is 0.330 e. The average Bonchev–Trinajstić information content (AvgIpc) is 2.55. The maximum Gasteiger partial charge on any atom is 0.188 e. The van der Waals surface area contributed by atoms with Crippen molar-refractivity contribution in [2.45, 2.75) is 11.1 Å². The summed E-state index contributed by atoms with van der Waals surface area (Å²) in [5.41, 5.74) is 5.37. The van der Waals surface area contributed by atoms with Gasteiger partial charge in [-0.15, -0.1) is 11.3 Å². The van der Waals surface area contributed by atoms with E-state index in [4.69, 9.17) is 5.73 Å². The molecule has 0 aliphatic rings. The standard InChI is InChI=1S/C8H13NO2S2/c1-7(5-9)6-13(10,11)8-3-2-4-12-8/h2-4,7H,5-6,9H2,1H3. The first kappa shape index (κ1) is 10.7. The fourth-order valence-electron chi connectivity index (χ4n) is 0.965. The van der Waals surface area contributed by atoms with E-state index in [0.717, 1.165) is 0 Å². The van der Waals surface area contributed by atoms with E-state index in [1.807, 2.05) is 6.92 Å². The fraction of sp³-hybridized carbons (Fsp3) is 0.500. The Hall–Kier alpha value is -0.390. The summed E-state index contributed by atoms with van der Waals surface area (Å²) in [6.07, 6.45) is 0. The Morgan fingerprint density at radius 2 is 2.31 bits per heavy atom. The molecule has 74 valence electrons. The molecular formula is C8H13NO2S2. The van der Waals surface area contributed by atoms with Gasteiger partial charge in [0.15, 0.2) is 9.84 Å². The van der Waals surface area contributed by atoms with Crippen LogP contribution >= 0.6 is 11.3 Å². The monoisotopic (exact) mass is 219 g/mol. The molecule has 1 aromatic rings. The second-order valence-electron chi connectivity index (χ2n) is 3.05. The quantitative estimate of drug-likeness (QED) is 0.825. The third-order valence-corrected chi connectivity index (χ3v) is 5.18. The van der Waals surface area contributed by atoms with Crippen LogP contribution in [-0.2, 0) is 9.84 Å². The molecule has 3 nitrogen and oxygen atoms in total. The molecule has 2 N–H and O–H groups in total. The number of hydrogen-bond donors (Lipinski definition) is 1. The highest BCUT2D eigenvalue weighted by Gasteiger charge is 2.18. The van der Waals surface area contributed by atoms with Crippen LogP contribution in [0.5, 0.6) is 0 Å². The van der Waals surface area contributed by atoms with E-state index in [1.54, 1.807) is 17.5 Å². The third kappa shape index (κ3) is 2.79. The van der Waals surface area contributed by atoms with Gasteiger partial charge in [-0.2, -0.15) is 0 Å². The van der Waals surface area contributed by atoms with E-state index in [0.29, 0.717) is 10.8 Å². The van der Waals surface area contributed by atoms with Gasteiger partial charge in [0.25, 0.3) is 0 Å². The summed E-state index contributed by atoms with van der Waals surface area (Å²) in [7, 11) is -3.09. The van der Waals surface area contributed by atoms with Gasteiger partial charge in [0.1, 0.15) is 4.21 Å². The second kappa shape index (κ2) is 4.21. The van der Waals surface area contributed by atoms with Gasteiger partial charge in [0.05, 0.1) is 5.75 Å². The van der Waals surface area contributed by atoms with Crippen LogP contribution in [0.25, 0.3) is 0 Å². The van der Waals surface area contributed by atoms with Crippen LogP contribution in [0.2, 0.25) is 0 Å². The van der Waals surface area contributed by atoms with Crippen molar-refractivity contribution in [2.75, 3.05) is 12.3 Å². The zero-order chi connectivity index (χ0) is 9.90. The molecule has 0 aliphatic heterocycles. The van der Waals surface area contributed by atoms with Crippen LogP contribution < -0.4 is 5.73 Å². The zero-order valence-electron chi connectivity index (χ0n) is 7.43. The summed E-state index contributed by atoms with van der Waals surface area (Å²) in [6, 6.07) is 3.37. The highest BCUT2D eigenvalue weighted by Crippen LogP contribution is 2.19. The molecule has 0 aliphatic carbocycles. The third-order valence-electron chi connectivity index (χ3n) is 1.71. The van der Waals surface area contributed by atoms with Crippen LogP contribution in [0.1, 0.15) is 6.92 Å².